The van der Waals surface area contributed by atoms with Crippen molar-refractivity contribution in [1.82, 2.24) is 0 Å². The van der Waals surface area contributed by atoms with Gasteiger partial charge in [0.05, 0.1) is 12.7 Å². The molecule has 1 heterocycles. The maximum Gasteiger partial charge on any atom is 0.0648 e. The summed E-state index contributed by atoms with van der Waals surface area (Å²) in [5.41, 5.74) is 0.0725. The Kier molecular flexibility index (Phi) is 2.25. The van der Waals surface area contributed by atoms with Crippen LogP contribution in [0.1, 0.15) is 6.92 Å². The summed E-state index contributed by atoms with van der Waals surface area (Å²) in [5.74, 6) is 1.22. The third kappa shape index (κ3) is 1.06. The highest BCUT2D eigenvalue weighted by Gasteiger charge is 2.44. The second kappa shape index (κ2) is 2.65. The van der Waals surface area contributed by atoms with Crippen LogP contribution in [0.25, 0.3) is 0 Å². The zero-order valence-corrected chi connectivity index (χ0v) is 6.87. The highest BCUT2D eigenvalue weighted by atomic mass is 35.5. The van der Waals surface area contributed by atoms with Gasteiger partial charge in [-0.1, -0.05) is 0 Å². The molecule has 1 rings (SSSR count). The van der Waals surface area contributed by atoms with Crippen molar-refractivity contribution in [2.24, 2.45) is 5.41 Å². The Balaban J connectivity index is 2.48. The Morgan fingerprint density at radius 1 is 1.56 bits per heavy atom. The smallest absolute Gasteiger partial charge is 0.0648 e. The Morgan fingerprint density at radius 3 is 2.11 bits per heavy atom. The van der Waals surface area contributed by atoms with E-state index >= 15 is 0 Å². The van der Waals surface area contributed by atoms with E-state index in [0.717, 1.165) is 6.61 Å². The lowest BCUT2D eigenvalue weighted by Crippen LogP contribution is -2.53. The van der Waals surface area contributed by atoms with Crippen LogP contribution >= 0.6 is 23.2 Å². The fourth-order valence-electron chi connectivity index (χ4n) is 0.816. The van der Waals surface area contributed by atoms with Crippen molar-refractivity contribution in [3.63, 3.8) is 0 Å². The summed E-state index contributed by atoms with van der Waals surface area (Å²) in [7, 11) is 0. The van der Waals surface area contributed by atoms with Crippen LogP contribution in [0.5, 0.6) is 0 Å². The quantitative estimate of drug-likeness (QED) is 0.573. The van der Waals surface area contributed by atoms with Gasteiger partial charge in [0.25, 0.3) is 0 Å². The second-order valence-electron chi connectivity index (χ2n) is 2.58. The molecule has 9 heavy (non-hydrogen) atoms. The lowest BCUT2D eigenvalue weighted by atomic mass is 9.83. The minimum Gasteiger partial charge on any atom is -0.377 e. The summed E-state index contributed by atoms with van der Waals surface area (Å²) >= 11 is 11.4. The van der Waals surface area contributed by atoms with Crippen molar-refractivity contribution < 1.29 is 4.74 Å². The summed E-state index contributed by atoms with van der Waals surface area (Å²) < 4.78 is 5.16. The monoisotopic (exact) mass is 168 g/mol. The molecule has 0 N–H and O–H groups in total. The number of hydrogen-bond acceptors (Lipinski definition) is 1. The fourth-order valence-corrected chi connectivity index (χ4v) is 1.69. The van der Waals surface area contributed by atoms with E-state index in [0.29, 0.717) is 11.8 Å². The Bertz CT molecular complexity index is 95.7. The molecule has 54 valence electrons. The molecule has 0 bridgehead atoms. The van der Waals surface area contributed by atoms with Crippen LogP contribution in [-0.4, -0.2) is 24.5 Å². The first-order valence-corrected chi connectivity index (χ1v) is 4.05. The van der Waals surface area contributed by atoms with Crippen LogP contribution in [0.2, 0.25) is 0 Å². The molecule has 0 aromatic rings. The third-order valence-electron chi connectivity index (χ3n) is 2.02. The molecule has 1 aliphatic heterocycles. The van der Waals surface area contributed by atoms with Crippen molar-refractivity contribution in [2.75, 3.05) is 18.4 Å². The molecule has 1 aliphatic rings. The number of halogens is 2. The van der Waals surface area contributed by atoms with Crippen LogP contribution < -0.4 is 0 Å². The lowest BCUT2D eigenvalue weighted by Gasteiger charge is -2.45. The number of rotatable bonds is 2. The normalized spacial score (nSPS) is 31.7. The largest absolute Gasteiger partial charge is 0.377 e. The van der Waals surface area contributed by atoms with Crippen LogP contribution in [0.4, 0.5) is 0 Å². The van der Waals surface area contributed by atoms with Crippen molar-refractivity contribution >= 4 is 23.2 Å². The van der Waals surface area contributed by atoms with Gasteiger partial charge in [-0.25, -0.2) is 0 Å². The fraction of sp³-hybridized carbons (Fsp3) is 1.00. The minimum absolute atomic E-state index is 0.0725. The Morgan fingerprint density at radius 2 is 2.11 bits per heavy atom. The highest BCUT2D eigenvalue weighted by molar-refractivity contribution is 6.21. The highest BCUT2D eigenvalue weighted by Crippen LogP contribution is 2.36. The molecule has 0 aliphatic carbocycles. The molecule has 1 saturated heterocycles. The van der Waals surface area contributed by atoms with Gasteiger partial charge in [0.1, 0.15) is 0 Å². The van der Waals surface area contributed by atoms with E-state index in [4.69, 9.17) is 27.9 Å². The first-order valence-electron chi connectivity index (χ1n) is 2.99. The first kappa shape index (κ1) is 7.64. The number of alkyl halides is 2. The molecule has 0 spiro atoms. The van der Waals surface area contributed by atoms with Gasteiger partial charge in [-0.05, 0) is 6.92 Å². The Labute approximate surface area is 65.3 Å². The molecule has 1 fully saturated rings. The van der Waals surface area contributed by atoms with E-state index in [1.165, 1.54) is 0 Å². The van der Waals surface area contributed by atoms with Gasteiger partial charge in [-0.2, -0.15) is 0 Å². The maximum absolute atomic E-state index is 5.69. The van der Waals surface area contributed by atoms with Crippen molar-refractivity contribution in [3.05, 3.63) is 0 Å². The summed E-state index contributed by atoms with van der Waals surface area (Å²) in [6, 6.07) is 0. The van der Waals surface area contributed by atoms with E-state index in [2.05, 4.69) is 0 Å². The molecule has 1 atom stereocenters. The summed E-state index contributed by atoms with van der Waals surface area (Å²) in [4.78, 5) is 0. The molecular weight excluding hydrogens is 159 g/mol. The topological polar surface area (TPSA) is 9.23 Å². The second-order valence-corrected chi connectivity index (χ2v) is 3.12. The van der Waals surface area contributed by atoms with Crippen LogP contribution in [0, 0.1) is 5.41 Å². The zero-order valence-electron chi connectivity index (χ0n) is 5.36. The summed E-state index contributed by atoms with van der Waals surface area (Å²) in [5, 5.41) is 0. The predicted molar refractivity (Wildman–Crippen MR) is 39.3 cm³/mol. The zero-order chi connectivity index (χ0) is 6.91. The molecule has 0 aromatic carbocycles. The lowest BCUT2D eigenvalue weighted by molar-refractivity contribution is -0.152. The SMILES string of the molecule is CC1OCC1(CCl)CCl. The number of ether oxygens (including phenoxy) is 1. The maximum atomic E-state index is 5.69. The average molecular weight is 169 g/mol. The molecule has 0 amide bonds. The molecular formula is C6H10Cl2O. The Hall–Kier alpha value is 0.540. The number of hydrogen-bond donors (Lipinski definition) is 0. The molecule has 0 saturated carbocycles. The summed E-state index contributed by atoms with van der Waals surface area (Å²) in [6.07, 6.45) is 0.243. The predicted octanol–water partition coefficient (Wildman–Crippen LogP) is 1.87. The van der Waals surface area contributed by atoms with Gasteiger partial charge < -0.3 is 4.74 Å². The van der Waals surface area contributed by atoms with E-state index in [9.17, 15) is 0 Å². The molecule has 1 unspecified atom stereocenters. The van der Waals surface area contributed by atoms with Crippen LogP contribution in [0.3, 0.4) is 0 Å². The van der Waals surface area contributed by atoms with E-state index in [1.54, 1.807) is 0 Å². The van der Waals surface area contributed by atoms with Crippen molar-refractivity contribution in [2.45, 2.75) is 13.0 Å². The van der Waals surface area contributed by atoms with Gasteiger partial charge in [0.15, 0.2) is 0 Å². The van der Waals surface area contributed by atoms with E-state index in [-0.39, 0.29) is 11.5 Å². The van der Waals surface area contributed by atoms with Gasteiger partial charge in [-0.15, -0.1) is 23.2 Å². The standard InChI is InChI=1S/C6H10Cl2O/c1-5-6(2-7,3-8)4-9-5/h5H,2-4H2,1H3. The first-order chi connectivity index (χ1) is 4.25. The minimum atomic E-state index is 0.0725. The average Bonchev–Trinajstić information content (AvgIpc) is 1.89. The van der Waals surface area contributed by atoms with Gasteiger partial charge in [0.2, 0.25) is 0 Å². The molecule has 3 heteroatoms. The summed E-state index contributed by atoms with van der Waals surface area (Å²) in [6.45, 7) is 2.73. The molecule has 0 aromatic heterocycles. The van der Waals surface area contributed by atoms with Gasteiger partial charge in [0, 0.05) is 17.2 Å². The third-order valence-corrected chi connectivity index (χ3v) is 3.08. The van der Waals surface area contributed by atoms with Crippen molar-refractivity contribution in [3.8, 4) is 0 Å². The van der Waals surface area contributed by atoms with E-state index in [1.807, 2.05) is 6.92 Å². The van der Waals surface area contributed by atoms with Gasteiger partial charge >= 0.3 is 0 Å². The van der Waals surface area contributed by atoms with Crippen LogP contribution in [-0.2, 0) is 4.74 Å². The molecule has 1 nitrogen and oxygen atoms in total. The van der Waals surface area contributed by atoms with Crippen LogP contribution in [0.15, 0.2) is 0 Å². The van der Waals surface area contributed by atoms with E-state index < -0.39 is 0 Å². The van der Waals surface area contributed by atoms with Gasteiger partial charge in [-0.3, -0.25) is 0 Å². The van der Waals surface area contributed by atoms with Crippen molar-refractivity contribution in [1.29, 1.82) is 0 Å². The molecule has 0 radical (unpaired) electrons.